The Labute approximate surface area is 359 Å². The summed E-state index contributed by atoms with van der Waals surface area (Å²) < 4.78 is 4.88. The molecule has 0 aliphatic carbocycles. The number of aromatic nitrogens is 4. The van der Waals surface area contributed by atoms with Gasteiger partial charge in [-0.05, 0) is 65.7 Å². The fraction of sp³-hybridized carbons (Fsp3) is 0. The fourth-order valence-electron chi connectivity index (χ4n) is 9.30. The number of hydrogen-bond acceptors (Lipinski definition) is 2. The molecule has 0 radical (unpaired) electrons. The molecule has 290 valence electrons. The monoisotopic (exact) mass is 790 g/mol. The number of nitrogens with zero attached hydrogens (tertiary/aromatic N) is 4. The lowest BCUT2D eigenvalue weighted by atomic mass is 9.96. The average molecular weight is 791 g/mol. The van der Waals surface area contributed by atoms with Crippen LogP contribution in [-0.4, -0.2) is 19.1 Å². The van der Waals surface area contributed by atoms with Crippen LogP contribution in [0.25, 0.3) is 111 Å². The highest BCUT2D eigenvalue weighted by Crippen LogP contribution is 2.43. The van der Waals surface area contributed by atoms with E-state index in [2.05, 4.69) is 215 Å². The van der Waals surface area contributed by atoms with Gasteiger partial charge in [0.25, 0.3) is 0 Å². The highest BCUT2D eigenvalue weighted by atomic mass is 15.0. The van der Waals surface area contributed by atoms with Crippen LogP contribution in [0.1, 0.15) is 0 Å². The fourth-order valence-corrected chi connectivity index (χ4v) is 9.30. The predicted octanol–water partition coefficient (Wildman–Crippen LogP) is 15.0. The van der Waals surface area contributed by atoms with Crippen molar-refractivity contribution in [3.63, 3.8) is 0 Å². The Morgan fingerprint density at radius 1 is 0.258 bits per heavy atom. The minimum absolute atomic E-state index is 0.690. The molecule has 4 nitrogen and oxygen atoms in total. The van der Waals surface area contributed by atoms with E-state index in [1.54, 1.807) is 0 Å². The van der Waals surface area contributed by atoms with E-state index in [0.29, 0.717) is 5.82 Å². The van der Waals surface area contributed by atoms with E-state index in [1.165, 1.54) is 43.7 Å². The lowest BCUT2D eigenvalue weighted by molar-refractivity contribution is 1.16. The second-order valence-corrected chi connectivity index (χ2v) is 15.8. The zero-order valence-corrected chi connectivity index (χ0v) is 33.7. The van der Waals surface area contributed by atoms with E-state index >= 15 is 0 Å². The minimum Gasteiger partial charge on any atom is -0.309 e. The molecule has 3 aromatic heterocycles. The molecular formula is C58H38N4. The summed E-state index contributed by atoms with van der Waals surface area (Å²) in [5.74, 6) is 0.690. The topological polar surface area (TPSA) is 35.6 Å². The molecule has 4 heteroatoms. The molecule has 0 amide bonds. The van der Waals surface area contributed by atoms with Crippen LogP contribution in [-0.2, 0) is 0 Å². The number of benzene rings is 9. The third-order valence-corrected chi connectivity index (χ3v) is 12.2. The van der Waals surface area contributed by atoms with Gasteiger partial charge in [-0.25, -0.2) is 9.97 Å². The molecule has 0 N–H and O–H groups in total. The van der Waals surface area contributed by atoms with E-state index in [4.69, 9.17) is 9.97 Å². The molecule has 0 aliphatic heterocycles. The first-order valence-electron chi connectivity index (χ1n) is 21.1. The first-order valence-corrected chi connectivity index (χ1v) is 21.1. The van der Waals surface area contributed by atoms with Gasteiger partial charge in [0.2, 0.25) is 0 Å². The van der Waals surface area contributed by atoms with Crippen molar-refractivity contribution in [2.45, 2.75) is 0 Å². The van der Waals surface area contributed by atoms with Gasteiger partial charge in [0.15, 0.2) is 5.82 Å². The summed E-state index contributed by atoms with van der Waals surface area (Å²) in [6.07, 6.45) is 0. The Morgan fingerprint density at radius 3 is 1.34 bits per heavy atom. The first-order chi connectivity index (χ1) is 30.8. The zero-order valence-electron chi connectivity index (χ0n) is 33.7. The van der Waals surface area contributed by atoms with Gasteiger partial charge in [-0.2, -0.15) is 0 Å². The summed E-state index contributed by atoms with van der Waals surface area (Å²) in [6.45, 7) is 0. The normalized spacial score (nSPS) is 11.5. The van der Waals surface area contributed by atoms with Crippen molar-refractivity contribution >= 4 is 43.6 Å². The summed E-state index contributed by atoms with van der Waals surface area (Å²) in [7, 11) is 0. The molecule has 0 fully saturated rings. The lowest BCUT2D eigenvalue weighted by Crippen LogP contribution is -2.02. The highest BCUT2D eigenvalue weighted by Gasteiger charge is 2.22. The molecule has 12 aromatic rings. The summed E-state index contributed by atoms with van der Waals surface area (Å²) in [6, 6.07) is 82.3. The number of fused-ring (bicyclic) bond motifs is 6. The lowest BCUT2D eigenvalue weighted by Gasteiger charge is -2.20. The van der Waals surface area contributed by atoms with E-state index in [1.807, 2.05) is 24.3 Å². The van der Waals surface area contributed by atoms with Crippen molar-refractivity contribution in [1.29, 1.82) is 0 Å². The summed E-state index contributed by atoms with van der Waals surface area (Å²) in [5, 5.41) is 4.88. The van der Waals surface area contributed by atoms with Gasteiger partial charge in [-0.15, -0.1) is 0 Å². The van der Waals surface area contributed by atoms with Crippen LogP contribution in [0.2, 0.25) is 0 Å². The van der Waals surface area contributed by atoms with Gasteiger partial charge < -0.3 is 9.13 Å². The van der Waals surface area contributed by atoms with E-state index < -0.39 is 0 Å². The SMILES string of the molecule is c1ccc(-c2ccc3c(c2)c2ccccc2n3-c2ccc(-c3cc(-c4ccccc4)nc(-c4ccccc4)n3)cc2-c2ccccc2-n2c3ccccc3c3ccccc32)cc1. The van der Waals surface area contributed by atoms with Gasteiger partial charge in [0, 0.05) is 49.4 Å². The van der Waals surface area contributed by atoms with Crippen LogP contribution in [0.4, 0.5) is 0 Å². The summed E-state index contributed by atoms with van der Waals surface area (Å²) >= 11 is 0. The Balaban J connectivity index is 1.16. The summed E-state index contributed by atoms with van der Waals surface area (Å²) in [5.41, 5.74) is 16.2. The second kappa shape index (κ2) is 14.7. The zero-order chi connectivity index (χ0) is 41.0. The van der Waals surface area contributed by atoms with Crippen LogP contribution in [0.15, 0.2) is 231 Å². The van der Waals surface area contributed by atoms with Crippen molar-refractivity contribution in [2.24, 2.45) is 0 Å². The third kappa shape index (κ3) is 5.92. The van der Waals surface area contributed by atoms with Gasteiger partial charge in [0.1, 0.15) is 0 Å². The smallest absolute Gasteiger partial charge is 0.160 e. The molecule has 9 aromatic carbocycles. The molecule has 12 rings (SSSR count). The van der Waals surface area contributed by atoms with E-state index in [-0.39, 0.29) is 0 Å². The van der Waals surface area contributed by atoms with Crippen molar-refractivity contribution in [3.05, 3.63) is 231 Å². The third-order valence-electron chi connectivity index (χ3n) is 12.2. The standard InChI is InChI=1S/C58H38N4/c1-4-18-39(19-5-1)42-32-34-56-48(36-42)46-26-12-17-31-55(46)62(56)57-35-33-43(51-38-50(40-20-6-2-7-21-40)59-58(60-51)41-22-8-3-9-23-41)37-49(57)47-27-13-16-30-54(47)61-52-28-14-10-24-44(52)45-25-11-15-29-53(45)61/h1-38H. The Morgan fingerprint density at radius 2 is 0.710 bits per heavy atom. The molecule has 0 saturated carbocycles. The van der Waals surface area contributed by atoms with Crippen LogP contribution in [0.3, 0.4) is 0 Å². The van der Waals surface area contributed by atoms with Gasteiger partial charge in [-0.1, -0.05) is 176 Å². The van der Waals surface area contributed by atoms with Gasteiger partial charge in [-0.3, -0.25) is 0 Å². The molecule has 62 heavy (non-hydrogen) atoms. The van der Waals surface area contributed by atoms with Gasteiger partial charge >= 0.3 is 0 Å². The molecule has 0 saturated heterocycles. The molecule has 0 aliphatic rings. The molecule has 0 spiro atoms. The van der Waals surface area contributed by atoms with Crippen LogP contribution >= 0.6 is 0 Å². The largest absolute Gasteiger partial charge is 0.309 e. The van der Waals surface area contributed by atoms with Crippen LogP contribution in [0, 0.1) is 0 Å². The molecule has 0 unspecified atom stereocenters. The number of hydrogen-bond donors (Lipinski definition) is 0. The molecule has 3 heterocycles. The van der Waals surface area contributed by atoms with Crippen molar-refractivity contribution in [3.8, 4) is 67.5 Å². The van der Waals surface area contributed by atoms with Crippen LogP contribution < -0.4 is 0 Å². The molecule has 0 atom stereocenters. The number of para-hydroxylation sites is 4. The highest BCUT2D eigenvalue weighted by molar-refractivity contribution is 6.12. The van der Waals surface area contributed by atoms with Crippen LogP contribution in [0.5, 0.6) is 0 Å². The molecular weight excluding hydrogens is 753 g/mol. The minimum atomic E-state index is 0.690. The molecule has 0 bridgehead atoms. The van der Waals surface area contributed by atoms with Crippen molar-refractivity contribution in [1.82, 2.24) is 19.1 Å². The maximum atomic E-state index is 5.30. The maximum Gasteiger partial charge on any atom is 0.160 e. The second-order valence-electron chi connectivity index (χ2n) is 15.8. The van der Waals surface area contributed by atoms with E-state index in [0.717, 1.165) is 61.6 Å². The van der Waals surface area contributed by atoms with Gasteiger partial charge in [0.05, 0.1) is 44.8 Å². The maximum absolute atomic E-state index is 5.30. The summed E-state index contributed by atoms with van der Waals surface area (Å²) in [4.78, 5) is 10.4. The Bertz CT molecular complexity index is 3510. The quantitative estimate of drug-likeness (QED) is 0.161. The van der Waals surface area contributed by atoms with Crippen molar-refractivity contribution in [2.75, 3.05) is 0 Å². The average Bonchev–Trinajstić information content (AvgIpc) is 3.87. The Hall–Kier alpha value is -8.34. The van der Waals surface area contributed by atoms with Crippen molar-refractivity contribution < 1.29 is 0 Å². The van der Waals surface area contributed by atoms with E-state index in [9.17, 15) is 0 Å². The first kappa shape index (κ1) is 35.6. The Kier molecular flexibility index (Phi) is 8.46. The number of rotatable bonds is 7. The predicted molar refractivity (Wildman–Crippen MR) is 258 cm³/mol.